The molecule has 29 nitrogen and oxygen atoms in total. The first-order valence-corrected chi connectivity index (χ1v) is 33.3. The molecular weight excluding hydrogens is 1240 g/mol. The normalized spacial score (nSPS) is 16.5. The van der Waals surface area contributed by atoms with E-state index in [0.717, 1.165) is 0 Å². The van der Waals surface area contributed by atoms with Gasteiger partial charge in [0.25, 0.3) is 0 Å². The predicted octanol–water partition coefficient (Wildman–Crippen LogP) is 0.799. The number of ketones is 2. The third kappa shape index (κ3) is 29.4. The predicted molar refractivity (Wildman–Crippen MR) is 356 cm³/mol. The molecule has 3 rings (SSSR count). The molecule has 0 bridgehead atoms. The van der Waals surface area contributed by atoms with Gasteiger partial charge >= 0.3 is 5.97 Å². The number of likely N-dealkylation sites (N-methyl/N-ethyl adjacent to an activating group) is 1. The number of aliphatic carboxylic acids is 1. The first-order valence-electron chi connectivity index (χ1n) is 32.7. The Morgan fingerprint density at radius 2 is 1.26 bits per heavy atom. The maximum Gasteiger partial charge on any atom is 0.307 e. The van der Waals surface area contributed by atoms with Gasteiger partial charge in [-0.15, -0.1) is 0 Å². The van der Waals surface area contributed by atoms with E-state index in [-0.39, 0.29) is 139 Å². The van der Waals surface area contributed by atoms with Gasteiger partial charge in [0.15, 0.2) is 23.5 Å². The Morgan fingerprint density at radius 3 is 1.84 bits per heavy atom. The van der Waals surface area contributed by atoms with E-state index in [0.29, 0.717) is 69.7 Å². The van der Waals surface area contributed by atoms with Gasteiger partial charge in [0.05, 0.1) is 44.4 Å². The number of ether oxygens (including phenoxy) is 2. The number of carbonyl (C=O) groups excluding carboxylic acids is 10. The number of thiol groups is 1. The van der Waals surface area contributed by atoms with Crippen molar-refractivity contribution in [2.45, 2.75) is 187 Å². The molecule has 2 aliphatic rings. The fourth-order valence-corrected chi connectivity index (χ4v) is 11.6. The lowest BCUT2D eigenvalue weighted by molar-refractivity contribution is -0.149. The molecule has 1 aromatic carbocycles. The number of Topliss-reactive ketones (excluding diaryl/α,β-unsaturated/α-hetero) is 2. The summed E-state index contributed by atoms with van der Waals surface area (Å²) in [6, 6.07) is -0.596. The zero-order valence-corrected chi connectivity index (χ0v) is 56.9. The summed E-state index contributed by atoms with van der Waals surface area (Å²) in [6.07, 6.45) is 2.78. The molecule has 8 atom stereocenters. The monoisotopic (exact) mass is 1340 g/mol. The molecular formula is C64H106N14O15S. The van der Waals surface area contributed by atoms with Crippen molar-refractivity contribution in [2.24, 2.45) is 56.1 Å². The molecule has 94 heavy (non-hydrogen) atoms. The number of hydrogen-bond acceptors (Lipinski definition) is 17. The van der Waals surface area contributed by atoms with Crippen molar-refractivity contribution in [1.29, 1.82) is 0 Å². The molecule has 1 aromatic rings. The number of benzene rings is 1. The molecule has 2 heterocycles. The summed E-state index contributed by atoms with van der Waals surface area (Å²) >= 11 is 4.02. The standard InChI is InChI=1S/C64H106N14O15S/c1-40(2)36-48(75-57(86)50-17-12-29-77(50)58(87)47(73-41(3)79)14-8-9-25-69-54(83)23-31-92-33-34-93-32-28-70-55(84)24-35-94)59(88)78-30-13-18-51(78)60(89)76(7)49(16-11-27-72-63(67)68)53(82)39-45(64(4,5)6)56(85)74-46(15-10-26-71-62(65)66)52(81)38-43(61(90)91)37-42-19-21-44(80)22-20-42/h19-22,40,43,45-51,80,94H,8-18,23-39H2,1-7H3,(H,69,83)(H,70,84)(H,73,79)(H,74,85)(H,75,86)(H,90,91)(H4,65,66,71)(H4,67,68,72)/t43-,45-,46+,47+,48+,49+,50+,51+/m1/s1. The largest absolute Gasteiger partial charge is 0.508 e. The van der Waals surface area contributed by atoms with Crippen molar-refractivity contribution in [3.63, 3.8) is 0 Å². The van der Waals surface area contributed by atoms with Gasteiger partial charge in [-0.3, -0.25) is 62.7 Å². The second kappa shape index (κ2) is 42.0. The number of aliphatic imine (C=N–C) groups is 2. The van der Waals surface area contributed by atoms with Crippen molar-refractivity contribution in [3.05, 3.63) is 29.8 Å². The number of carboxylic acids is 1. The number of amides is 8. The number of nitrogens with one attached hydrogen (secondary N) is 5. The van der Waals surface area contributed by atoms with E-state index in [1.807, 2.05) is 13.8 Å². The van der Waals surface area contributed by atoms with E-state index in [2.05, 4.69) is 49.2 Å². The van der Waals surface area contributed by atoms with Crippen LogP contribution in [0.1, 0.15) is 150 Å². The summed E-state index contributed by atoms with van der Waals surface area (Å²) in [4.78, 5) is 163. The minimum Gasteiger partial charge on any atom is -0.508 e. The average Bonchev–Trinajstić information content (AvgIpc) is 1.51. The van der Waals surface area contributed by atoms with Crippen LogP contribution in [-0.4, -0.2) is 216 Å². The molecule has 30 heteroatoms. The maximum atomic E-state index is 14.9. The summed E-state index contributed by atoms with van der Waals surface area (Å²) in [6.45, 7) is 12.6. The number of carboxylic acid groups (broad SMARTS) is 1. The first kappa shape index (κ1) is 80.6. The number of phenols is 1. The van der Waals surface area contributed by atoms with Gasteiger partial charge in [-0.05, 0) is 118 Å². The van der Waals surface area contributed by atoms with E-state index >= 15 is 0 Å². The highest BCUT2D eigenvalue weighted by molar-refractivity contribution is 7.80. The van der Waals surface area contributed by atoms with E-state index in [1.165, 1.54) is 40.8 Å². The van der Waals surface area contributed by atoms with Crippen molar-refractivity contribution < 1.29 is 72.4 Å². The third-order valence-electron chi connectivity index (χ3n) is 16.4. The zero-order valence-electron chi connectivity index (χ0n) is 56.0. The van der Waals surface area contributed by atoms with Gasteiger partial charge in [0, 0.05) is 84.8 Å². The second-order valence-corrected chi connectivity index (χ2v) is 26.0. The number of phenolic OH excluding ortho intramolecular Hbond substituents is 1. The molecule has 0 unspecified atom stereocenters. The van der Waals surface area contributed by atoms with Crippen LogP contribution < -0.4 is 49.5 Å². The smallest absolute Gasteiger partial charge is 0.307 e. The number of hydrogen-bond donors (Lipinski definition) is 12. The van der Waals surface area contributed by atoms with Gasteiger partial charge < -0.3 is 83.9 Å². The minimum absolute atomic E-state index is 0.0185. The SMILES string of the molecule is CC(=O)N[C@@H](CCCCNC(=O)CCOCCOCCNC(=O)CCS)C(=O)N1CCC[C@H]1C(=O)N[C@@H](CC(C)C)C(=O)N1CCC[C@H]1C(=O)N(C)[C@@H](CCCN=C(N)N)C(=O)C[C@H](C(=O)N[C@@H](CCCN=C(N)N)C(=O)C[C@@H](Cc1ccc(O)cc1)C(=O)O)C(C)(C)C. The highest BCUT2D eigenvalue weighted by Gasteiger charge is 2.45. The quantitative estimate of drug-likeness (QED) is 0.0186. The van der Waals surface area contributed by atoms with Gasteiger partial charge in [-0.25, -0.2) is 0 Å². The number of likely N-dealkylation sites (tertiary alicyclic amines) is 2. The Labute approximate surface area is 558 Å². The van der Waals surface area contributed by atoms with Crippen LogP contribution >= 0.6 is 12.6 Å². The van der Waals surface area contributed by atoms with E-state index in [1.54, 1.807) is 32.9 Å². The Hall–Kier alpha value is -7.60. The molecule has 0 aliphatic carbocycles. The maximum absolute atomic E-state index is 14.9. The lowest BCUT2D eigenvalue weighted by Gasteiger charge is -2.36. The van der Waals surface area contributed by atoms with Gasteiger partial charge in [-0.2, -0.15) is 12.6 Å². The topological polar surface area (TPSA) is 445 Å². The molecule has 2 fully saturated rings. The Bertz CT molecular complexity index is 2720. The van der Waals surface area contributed by atoms with Crippen molar-refractivity contribution in [3.8, 4) is 5.75 Å². The lowest BCUT2D eigenvalue weighted by atomic mass is 9.76. The zero-order chi connectivity index (χ0) is 70.1. The van der Waals surface area contributed by atoms with Crippen molar-refractivity contribution >= 4 is 89.3 Å². The number of unbranched alkanes of at least 4 members (excludes halogenated alkanes) is 1. The summed E-state index contributed by atoms with van der Waals surface area (Å²) in [5.74, 6) is -8.25. The first-order chi connectivity index (χ1) is 44.4. The lowest BCUT2D eigenvalue weighted by Crippen LogP contribution is -2.58. The molecule has 528 valence electrons. The average molecular weight is 1340 g/mol. The molecule has 0 spiro atoms. The van der Waals surface area contributed by atoms with Crippen LogP contribution in [0.3, 0.4) is 0 Å². The van der Waals surface area contributed by atoms with Crippen LogP contribution in [0.15, 0.2) is 34.3 Å². The van der Waals surface area contributed by atoms with Crippen LogP contribution in [0, 0.1) is 23.2 Å². The summed E-state index contributed by atoms with van der Waals surface area (Å²) < 4.78 is 10.9. The van der Waals surface area contributed by atoms with E-state index in [4.69, 9.17) is 32.4 Å². The Balaban J connectivity index is 1.76. The second-order valence-electron chi connectivity index (χ2n) is 25.6. The highest BCUT2D eigenvalue weighted by atomic mass is 32.1. The Kier molecular flexibility index (Phi) is 36.0. The number of nitrogens with zero attached hydrogens (tertiary/aromatic N) is 5. The Morgan fingerprint density at radius 1 is 0.691 bits per heavy atom. The molecule has 2 aliphatic heterocycles. The number of aromatic hydroxyl groups is 1. The number of carbonyl (C=O) groups is 11. The molecule has 8 amide bonds. The van der Waals surface area contributed by atoms with Crippen LogP contribution in [0.25, 0.3) is 0 Å². The fourth-order valence-electron chi connectivity index (χ4n) is 11.4. The van der Waals surface area contributed by atoms with E-state index in [9.17, 15) is 63.0 Å². The number of rotatable bonds is 44. The summed E-state index contributed by atoms with van der Waals surface area (Å²) in [5.41, 5.74) is 22.0. The van der Waals surface area contributed by atoms with Crippen LogP contribution in [0.5, 0.6) is 5.75 Å². The van der Waals surface area contributed by atoms with Crippen molar-refractivity contribution in [1.82, 2.24) is 41.3 Å². The van der Waals surface area contributed by atoms with Gasteiger partial charge in [0.1, 0.15) is 29.9 Å². The third-order valence-corrected chi connectivity index (χ3v) is 16.6. The van der Waals surface area contributed by atoms with Crippen LogP contribution in [-0.2, 0) is 68.6 Å². The van der Waals surface area contributed by atoms with Gasteiger partial charge in [-0.1, -0.05) is 46.8 Å². The highest BCUT2D eigenvalue weighted by Crippen LogP contribution is 2.32. The molecule has 15 N–H and O–H groups in total. The number of nitrogens with two attached hydrogens (primary N) is 4. The van der Waals surface area contributed by atoms with Gasteiger partial charge in [0.2, 0.25) is 47.3 Å². The fraction of sp³-hybridized carbons (Fsp3) is 0.703. The summed E-state index contributed by atoms with van der Waals surface area (Å²) in [5, 5.41) is 34.0. The van der Waals surface area contributed by atoms with E-state index < -0.39 is 119 Å². The minimum atomic E-state index is -1.25. The number of guanidine groups is 2. The molecule has 2 saturated heterocycles. The molecule has 0 radical (unpaired) electrons. The van der Waals surface area contributed by atoms with Crippen molar-refractivity contribution in [2.75, 3.05) is 78.5 Å². The molecule has 0 saturated carbocycles. The van der Waals surface area contributed by atoms with Crippen LogP contribution in [0.4, 0.5) is 0 Å². The summed E-state index contributed by atoms with van der Waals surface area (Å²) in [7, 11) is 1.45. The molecule has 0 aromatic heterocycles. The van der Waals surface area contributed by atoms with Crippen LogP contribution in [0.2, 0.25) is 0 Å².